The molecule has 1 rings (SSSR count). The van der Waals surface area contributed by atoms with Crippen molar-refractivity contribution in [1.82, 2.24) is 20.1 Å². The monoisotopic (exact) mass is 226 g/mol. The summed E-state index contributed by atoms with van der Waals surface area (Å²) in [6.07, 6.45) is 3.65. The van der Waals surface area contributed by atoms with Gasteiger partial charge in [0.05, 0.1) is 6.10 Å². The predicted octanol–water partition coefficient (Wildman–Crippen LogP) is 0.761. The molecule has 0 fully saturated rings. The second-order valence-corrected chi connectivity index (χ2v) is 3.80. The van der Waals surface area contributed by atoms with Gasteiger partial charge >= 0.3 is 0 Å². The van der Waals surface area contributed by atoms with Crippen LogP contribution in [0, 0.1) is 0 Å². The normalized spacial score (nSPS) is 15.0. The number of likely N-dealkylation sites (N-methyl/N-ethyl adjacent to an activating group) is 1. The fourth-order valence-electron chi connectivity index (χ4n) is 1.85. The molecule has 16 heavy (non-hydrogen) atoms. The largest absolute Gasteiger partial charge is 0.377 e. The number of ether oxygens (including phenoxy) is 1. The number of aryl methyl sites for hydroxylation is 1. The van der Waals surface area contributed by atoms with Crippen molar-refractivity contribution in [3.63, 3.8) is 0 Å². The van der Waals surface area contributed by atoms with E-state index in [4.69, 9.17) is 4.74 Å². The van der Waals surface area contributed by atoms with Gasteiger partial charge in [0.15, 0.2) is 0 Å². The van der Waals surface area contributed by atoms with Crippen molar-refractivity contribution in [2.75, 3.05) is 13.7 Å². The van der Waals surface area contributed by atoms with E-state index >= 15 is 0 Å². The van der Waals surface area contributed by atoms with E-state index in [-0.39, 0.29) is 12.1 Å². The summed E-state index contributed by atoms with van der Waals surface area (Å²) in [5.74, 6) is 0.984. The van der Waals surface area contributed by atoms with E-state index < -0.39 is 0 Å². The zero-order chi connectivity index (χ0) is 12.0. The Morgan fingerprint density at radius 2 is 2.25 bits per heavy atom. The van der Waals surface area contributed by atoms with Crippen LogP contribution in [-0.4, -0.2) is 40.6 Å². The molecule has 1 heterocycles. The van der Waals surface area contributed by atoms with Gasteiger partial charge in [-0.25, -0.2) is 4.98 Å². The molecule has 0 saturated heterocycles. The third-order valence-electron chi connectivity index (χ3n) is 2.81. The van der Waals surface area contributed by atoms with Gasteiger partial charge in [0.2, 0.25) is 0 Å². The Kier molecular flexibility index (Phi) is 5.42. The van der Waals surface area contributed by atoms with Gasteiger partial charge in [-0.05, 0) is 20.4 Å². The summed E-state index contributed by atoms with van der Waals surface area (Å²) in [6.45, 7) is 4.91. The molecule has 1 aromatic rings. The van der Waals surface area contributed by atoms with Crippen molar-refractivity contribution < 1.29 is 4.74 Å². The van der Waals surface area contributed by atoms with Crippen LogP contribution in [0.15, 0.2) is 6.33 Å². The Labute approximate surface area is 97.2 Å². The molecule has 0 saturated carbocycles. The molecular weight excluding hydrogens is 204 g/mol. The number of aromatic nitrogens is 3. The summed E-state index contributed by atoms with van der Waals surface area (Å²) < 4.78 is 7.52. The highest BCUT2D eigenvalue weighted by molar-refractivity contribution is 4.91. The summed E-state index contributed by atoms with van der Waals surface area (Å²) in [6, 6.07) is 0.285. The summed E-state index contributed by atoms with van der Waals surface area (Å²) in [5, 5.41) is 7.37. The maximum atomic E-state index is 5.71. The average molecular weight is 226 g/mol. The first kappa shape index (κ1) is 13.1. The van der Waals surface area contributed by atoms with Crippen LogP contribution < -0.4 is 5.32 Å². The molecule has 0 radical (unpaired) electrons. The van der Waals surface area contributed by atoms with E-state index in [1.54, 1.807) is 6.33 Å². The highest BCUT2D eigenvalue weighted by atomic mass is 16.5. The Bertz CT molecular complexity index is 300. The molecule has 0 spiro atoms. The van der Waals surface area contributed by atoms with Gasteiger partial charge in [0.25, 0.3) is 0 Å². The minimum Gasteiger partial charge on any atom is -0.377 e. The van der Waals surface area contributed by atoms with E-state index in [1.807, 2.05) is 25.7 Å². The molecule has 5 nitrogen and oxygen atoms in total. The minimum atomic E-state index is 0.228. The SMILES string of the molecule is CCOC(CC)C(Cc1ncnn1C)NC. The van der Waals surface area contributed by atoms with Crippen LogP contribution >= 0.6 is 0 Å². The second kappa shape index (κ2) is 6.60. The van der Waals surface area contributed by atoms with Gasteiger partial charge in [-0.2, -0.15) is 5.10 Å². The molecule has 0 amide bonds. The topological polar surface area (TPSA) is 52.0 Å². The highest BCUT2D eigenvalue weighted by Crippen LogP contribution is 2.09. The fraction of sp³-hybridized carbons (Fsp3) is 0.818. The molecule has 92 valence electrons. The van der Waals surface area contributed by atoms with E-state index in [2.05, 4.69) is 22.3 Å². The van der Waals surface area contributed by atoms with Gasteiger partial charge < -0.3 is 10.1 Å². The number of hydrogen-bond acceptors (Lipinski definition) is 4. The average Bonchev–Trinajstić information content (AvgIpc) is 2.69. The third-order valence-corrected chi connectivity index (χ3v) is 2.81. The molecule has 0 aliphatic carbocycles. The van der Waals surface area contributed by atoms with Crippen LogP contribution in [0.25, 0.3) is 0 Å². The summed E-state index contributed by atoms with van der Waals surface area (Å²) in [7, 11) is 3.87. The number of nitrogens with zero attached hydrogens (tertiary/aromatic N) is 3. The standard InChI is InChI=1S/C11H22N4O/c1-5-10(16-6-2)9(12-3)7-11-13-8-14-15(11)4/h8-10,12H,5-7H2,1-4H3. The first-order valence-corrected chi connectivity index (χ1v) is 5.84. The van der Waals surface area contributed by atoms with Crippen LogP contribution in [0.4, 0.5) is 0 Å². The zero-order valence-corrected chi connectivity index (χ0v) is 10.6. The fourth-order valence-corrected chi connectivity index (χ4v) is 1.85. The van der Waals surface area contributed by atoms with Crippen molar-refractivity contribution in [3.05, 3.63) is 12.2 Å². The van der Waals surface area contributed by atoms with Crippen molar-refractivity contribution >= 4 is 0 Å². The van der Waals surface area contributed by atoms with Gasteiger partial charge in [-0.15, -0.1) is 0 Å². The smallest absolute Gasteiger partial charge is 0.138 e. The molecule has 5 heteroatoms. The molecule has 2 unspecified atom stereocenters. The molecule has 0 bridgehead atoms. The summed E-state index contributed by atoms with van der Waals surface area (Å²) in [4.78, 5) is 4.24. The number of hydrogen-bond donors (Lipinski definition) is 1. The van der Waals surface area contributed by atoms with Gasteiger partial charge in [-0.1, -0.05) is 6.92 Å². The maximum Gasteiger partial charge on any atom is 0.138 e. The molecule has 0 aliphatic heterocycles. The number of nitrogens with one attached hydrogen (secondary N) is 1. The highest BCUT2D eigenvalue weighted by Gasteiger charge is 2.20. The van der Waals surface area contributed by atoms with E-state index in [0.29, 0.717) is 0 Å². The lowest BCUT2D eigenvalue weighted by molar-refractivity contribution is 0.0332. The van der Waals surface area contributed by atoms with Gasteiger partial charge in [0.1, 0.15) is 12.2 Å². The van der Waals surface area contributed by atoms with Crippen LogP contribution in [0.5, 0.6) is 0 Å². The lowest BCUT2D eigenvalue weighted by Crippen LogP contribution is -2.41. The van der Waals surface area contributed by atoms with Crippen molar-refractivity contribution in [1.29, 1.82) is 0 Å². The summed E-state index contributed by atoms with van der Waals surface area (Å²) >= 11 is 0. The zero-order valence-electron chi connectivity index (χ0n) is 10.6. The first-order valence-electron chi connectivity index (χ1n) is 5.84. The Morgan fingerprint density at radius 3 is 2.69 bits per heavy atom. The molecule has 2 atom stereocenters. The van der Waals surface area contributed by atoms with Gasteiger partial charge in [0, 0.05) is 26.1 Å². The first-order chi connectivity index (χ1) is 7.72. The molecule has 1 N–H and O–H groups in total. The van der Waals surface area contributed by atoms with E-state index in [1.165, 1.54) is 0 Å². The lowest BCUT2D eigenvalue weighted by atomic mass is 10.0. The number of rotatable bonds is 7. The van der Waals surface area contributed by atoms with Crippen LogP contribution in [0.1, 0.15) is 26.1 Å². The van der Waals surface area contributed by atoms with Crippen molar-refractivity contribution in [2.24, 2.45) is 7.05 Å². The lowest BCUT2D eigenvalue weighted by Gasteiger charge is -2.25. The van der Waals surface area contributed by atoms with Crippen molar-refractivity contribution in [3.8, 4) is 0 Å². The quantitative estimate of drug-likeness (QED) is 0.746. The molecule has 1 aromatic heterocycles. The Morgan fingerprint density at radius 1 is 1.50 bits per heavy atom. The molecule has 0 aliphatic rings. The van der Waals surface area contributed by atoms with Crippen LogP contribution in [0.3, 0.4) is 0 Å². The van der Waals surface area contributed by atoms with Crippen LogP contribution in [0.2, 0.25) is 0 Å². The Balaban J connectivity index is 2.63. The van der Waals surface area contributed by atoms with Crippen LogP contribution in [-0.2, 0) is 18.2 Å². The molecule has 0 aromatic carbocycles. The third kappa shape index (κ3) is 3.28. The second-order valence-electron chi connectivity index (χ2n) is 3.80. The Hall–Kier alpha value is -0.940. The summed E-state index contributed by atoms with van der Waals surface area (Å²) in [5.41, 5.74) is 0. The predicted molar refractivity (Wildman–Crippen MR) is 63.3 cm³/mol. The van der Waals surface area contributed by atoms with Crippen molar-refractivity contribution in [2.45, 2.75) is 38.8 Å². The van der Waals surface area contributed by atoms with E-state index in [0.717, 1.165) is 25.3 Å². The molecular formula is C11H22N4O. The van der Waals surface area contributed by atoms with E-state index in [9.17, 15) is 0 Å². The van der Waals surface area contributed by atoms with Gasteiger partial charge in [-0.3, -0.25) is 4.68 Å². The minimum absolute atomic E-state index is 0.228. The maximum absolute atomic E-state index is 5.71.